The SMILES string of the molecule is NC(=S)c1cc(Cl)c(Cl)cc1Br. The van der Waals surface area contributed by atoms with Crippen molar-refractivity contribution in [1.82, 2.24) is 0 Å². The van der Waals surface area contributed by atoms with E-state index >= 15 is 0 Å². The highest BCUT2D eigenvalue weighted by Gasteiger charge is 2.06. The first-order valence-electron chi connectivity index (χ1n) is 2.96. The van der Waals surface area contributed by atoms with E-state index in [1.807, 2.05) is 0 Å². The van der Waals surface area contributed by atoms with Crippen LogP contribution in [0, 0.1) is 0 Å². The van der Waals surface area contributed by atoms with Gasteiger partial charge in [0.2, 0.25) is 0 Å². The van der Waals surface area contributed by atoms with Crippen LogP contribution in [0.15, 0.2) is 16.6 Å². The van der Waals surface area contributed by atoms with E-state index in [-0.39, 0.29) is 0 Å². The highest BCUT2D eigenvalue weighted by molar-refractivity contribution is 9.10. The third-order valence-corrected chi connectivity index (χ3v) is 2.87. The maximum atomic E-state index is 5.76. The second kappa shape index (κ2) is 3.92. The highest BCUT2D eigenvalue weighted by Crippen LogP contribution is 2.28. The van der Waals surface area contributed by atoms with E-state index in [9.17, 15) is 0 Å². The van der Waals surface area contributed by atoms with Crippen molar-refractivity contribution in [2.24, 2.45) is 5.73 Å². The molecule has 0 spiro atoms. The summed E-state index contributed by atoms with van der Waals surface area (Å²) in [6.45, 7) is 0. The van der Waals surface area contributed by atoms with Gasteiger partial charge in [0.05, 0.1) is 10.0 Å². The first-order valence-corrected chi connectivity index (χ1v) is 4.92. The van der Waals surface area contributed by atoms with Gasteiger partial charge in [-0.05, 0) is 12.1 Å². The van der Waals surface area contributed by atoms with Crippen molar-refractivity contribution in [3.63, 3.8) is 0 Å². The van der Waals surface area contributed by atoms with E-state index in [4.69, 9.17) is 41.2 Å². The van der Waals surface area contributed by atoms with Gasteiger partial charge in [0, 0.05) is 10.0 Å². The zero-order chi connectivity index (χ0) is 9.30. The van der Waals surface area contributed by atoms with Gasteiger partial charge in [-0.2, -0.15) is 0 Å². The minimum atomic E-state index is 0.292. The van der Waals surface area contributed by atoms with E-state index < -0.39 is 0 Å². The molecular weight excluding hydrogens is 281 g/mol. The van der Waals surface area contributed by atoms with Crippen molar-refractivity contribution < 1.29 is 0 Å². The van der Waals surface area contributed by atoms with Gasteiger partial charge in [0.1, 0.15) is 4.99 Å². The van der Waals surface area contributed by atoms with Crippen molar-refractivity contribution in [2.75, 3.05) is 0 Å². The van der Waals surface area contributed by atoms with Gasteiger partial charge < -0.3 is 5.73 Å². The van der Waals surface area contributed by atoms with Gasteiger partial charge in [-0.25, -0.2) is 0 Å². The largest absolute Gasteiger partial charge is 0.389 e. The second-order valence-corrected chi connectivity index (χ2v) is 4.22. The molecule has 1 aromatic carbocycles. The molecule has 0 atom stereocenters. The Hall–Kier alpha value is 0.170. The van der Waals surface area contributed by atoms with Gasteiger partial charge in [-0.3, -0.25) is 0 Å². The lowest BCUT2D eigenvalue weighted by atomic mass is 10.2. The smallest absolute Gasteiger partial charge is 0.105 e. The summed E-state index contributed by atoms with van der Waals surface area (Å²) in [5.74, 6) is 0. The van der Waals surface area contributed by atoms with Gasteiger partial charge in [-0.1, -0.05) is 51.3 Å². The average molecular weight is 285 g/mol. The monoisotopic (exact) mass is 283 g/mol. The van der Waals surface area contributed by atoms with Gasteiger partial charge >= 0.3 is 0 Å². The molecule has 0 bridgehead atoms. The average Bonchev–Trinajstić information content (AvgIpc) is 1.96. The van der Waals surface area contributed by atoms with Gasteiger partial charge in [0.25, 0.3) is 0 Å². The molecule has 1 nitrogen and oxygen atoms in total. The van der Waals surface area contributed by atoms with Crippen molar-refractivity contribution in [2.45, 2.75) is 0 Å². The summed E-state index contributed by atoms with van der Waals surface area (Å²) in [6.07, 6.45) is 0. The maximum absolute atomic E-state index is 5.76. The Morgan fingerprint density at radius 2 is 1.83 bits per heavy atom. The Bertz CT molecular complexity index is 340. The van der Waals surface area contributed by atoms with Crippen LogP contribution < -0.4 is 5.73 Å². The van der Waals surface area contributed by atoms with Gasteiger partial charge in [0.15, 0.2) is 0 Å². The van der Waals surface area contributed by atoms with Crippen molar-refractivity contribution in [3.05, 3.63) is 32.2 Å². The van der Waals surface area contributed by atoms with Crippen molar-refractivity contribution in [3.8, 4) is 0 Å². The van der Waals surface area contributed by atoms with Crippen LogP contribution in [0.1, 0.15) is 5.56 Å². The molecule has 0 unspecified atom stereocenters. The molecule has 0 aromatic heterocycles. The summed E-state index contributed by atoms with van der Waals surface area (Å²) in [4.78, 5) is 0.292. The lowest BCUT2D eigenvalue weighted by Crippen LogP contribution is -2.09. The van der Waals surface area contributed by atoms with E-state index in [1.54, 1.807) is 12.1 Å². The molecule has 0 amide bonds. The first kappa shape index (κ1) is 10.3. The van der Waals surface area contributed by atoms with Crippen molar-refractivity contribution in [1.29, 1.82) is 0 Å². The molecule has 0 saturated carbocycles. The predicted octanol–water partition coefficient (Wildman–Crippen LogP) is 3.39. The number of benzene rings is 1. The first-order chi connectivity index (χ1) is 5.52. The standard InChI is InChI=1S/C7H4BrCl2NS/c8-4-2-6(10)5(9)1-3(4)7(11)12/h1-2H,(H2,11,12). The van der Waals surface area contributed by atoms with E-state index in [0.29, 0.717) is 20.6 Å². The molecule has 0 saturated heterocycles. The van der Waals surface area contributed by atoms with Gasteiger partial charge in [-0.15, -0.1) is 0 Å². The van der Waals surface area contributed by atoms with Crippen LogP contribution in [0.3, 0.4) is 0 Å². The fraction of sp³-hybridized carbons (Fsp3) is 0. The molecule has 0 fully saturated rings. The van der Waals surface area contributed by atoms with Crippen molar-refractivity contribution >= 4 is 56.3 Å². The molecule has 5 heteroatoms. The number of nitrogens with two attached hydrogens (primary N) is 1. The minimum absolute atomic E-state index is 0.292. The van der Waals surface area contributed by atoms with Crippen LogP contribution >= 0.6 is 51.3 Å². The Kier molecular flexibility index (Phi) is 3.35. The molecule has 0 aliphatic rings. The number of thiocarbonyl (C=S) groups is 1. The number of hydrogen-bond donors (Lipinski definition) is 1. The predicted molar refractivity (Wildman–Crippen MR) is 60.0 cm³/mol. The Balaban J connectivity index is 3.33. The molecule has 1 rings (SSSR count). The number of hydrogen-bond acceptors (Lipinski definition) is 1. The third-order valence-electron chi connectivity index (χ3n) is 1.28. The normalized spacial score (nSPS) is 9.92. The number of halogens is 3. The van der Waals surface area contributed by atoms with Crippen LogP contribution in [0.25, 0.3) is 0 Å². The van der Waals surface area contributed by atoms with Crippen LogP contribution in [-0.2, 0) is 0 Å². The summed E-state index contributed by atoms with van der Waals surface area (Å²) in [5, 5.41) is 0.922. The summed E-state index contributed by atoms with van der Waals surface area (Å²) in [6, 6.07) is 3.30. The molecule has 64 valence electrons. The lowest BCUT2D eigenvalue weighted by molar-refractivity contribution is 1.57. The fourth-order valence-electron chi connectivity index (χ4n) is 0.711. The highest BCUT2D eigenvalue weighted by atomic mass is 79.9. The summed E-state index contributed by atoms with van der Waals surface area (Å²) < 4.78 is 0.754. The zero-order valence-electron chi connectivity index (χ0n) is 5.77. The Morgan fingerprint density at radius 1 is 1.33 bits per heavy atom. The molecule has 0 heterocycles. The summed E-state index contributed by atoms with van der Waals surface area (Å²) >= 11 is 19.6. The Labute approximate surface area is 94.0 Å². The zero-order valence-corrected chi connectivity index (χ0v) is 9.69. The fourth-order valence-corrected chi connectivity index (χ4v) is 2.03. The molecule has 2 N–H and O–H groups in total. The maximum Gasteiger partial charge on any atom is 0.105 e. The third kappa shape index (κ3) is 2.10. The quantitative estimate of drug-likeness (QED) is 0.632. The van der Waals surface area contributed by atoms with Crippen LogP contribution in [0.4, 0.5) is 0 Å². The minimum Gasteiger partial charge on any atom is -0.389 e. The lowest BCUT2D eigenvalue weighted by Gasteiger charge is -2.03. The molecule has 0 aliphatic carbocycles. The van der Waals surface area contributed by atoms with Crippen LogP contribution in [0.5, 0.6) is 0 Å². The Morgan fingerprint density at radius 3 is 2.33 bits per heavy atom. The number of rotatable bonds is 1. The molecular formula is C7H4BrCl2NS. The second-order valence-electron chi connectivity index (χ2n) is 2.11. The topological polar surface area (TPSA) is 26.0 Å². The molecule has 0 aliphatic heterocycles. The van der Waals surface area contributed by atoms with E-state index in [1.165, 1.54) is 0 Å². The van der Waals surface area contributed by atoms with Crippen LogP contribution in [-0.4, -0.2) is 4.99 Å². The van der Waals surface area contributed by atoms with Crippen LogP contribution in [0.2, 0.25) is 10.0 Å². The summed E-state index contributed by atoms with van der Waals surface area (Å²) in [5.41, 5.74) is 6.13. The molecule has 0 radical (unpaired) electrons. The van der Waals surface area contributed by atoms with E-state index in [2.05, 4.69) is 15.9 Å². The molecule has 12 heavy (non-hydrogen) atoms. The molecule has 1 aromatic rings. The summed E-state index contributed by atoms with van der Waals surface area (Å²) in [7, 11) is 0. The van der Waals surface area contributed by atoms with E-state index in [0.717, 1.165) is 4.47 Å².